The monoisotopic (exact) mass is 268 g/mol. The third-order valence-corrected chi connectivity index (χ3v) is 3.56. The quantitative estimate of drug-likeness (QED) is 0.911. The van der Waals surface area contributed by atoms with Crippen LogP contribution in [0, 0.1) is 11.6 Å². The summed E-state index contributed by atoms with van der Waals surface area (Å²) in [6.07, 6.45) is 1.22. The molecule has 1 aliphatic rings. The van der Waals surface area contributed by atoms with E-state index in [9.17, 15) is 13.6 Å². The molecule has 1 saturated heterocycles. The lowest BCUT2D eigenvalue weighted by molar-refractivity contribution is -0.132. The molecule has 0 aromatic heterocycles. The molecule has 1 heterocycles. The van der Waals surface area contributed by atoms with Gasteiger partial charge >= 0.3 is 0 Å². The van der Waals surface area contributed by atoms with Crippen LogP contribution in [-0.4, -0.2) is 30.4 Å². The maximum Gasteiger partial charge on any atom is 0.222 e. The van der Waals surface area contributed by atoms with Crippen LogP contribution in [0.1, 0.15) is 31.4 Å². The van der Waals surface area contributed by atoms with E-state index in [0.717, 1.165) is 12.5 Å². The number of benzene rings is 1. The Morgan fingerprint density at radius 1 is 1.42 bits per heavy atom. The molecule has 1 aromatic rings. The van der Waals surface area contributed by atoms with Crippen LogP contribution in [0.5, 0.6) is 0 Å². The third kappa shape index (κ3) is 3.10. The lowest BCUT2D eigenvalue weighted by Crippen LogP contribution is -2.47. The standard InChI is InChI=1S/C14H18F2N2O/c1-9(11-4-3-5-12(15)14(11)16)17-10-6-7-13(19)18(2)8-10/h3-5,9-10,17H,6-8H2,1-2H3. The summed E-state index contributed by atoms with van der Waals surface area (Å²) in [4.78, 5) is 13.0. The number of amides is 1. The van der Waals surface area contributed by atoms with Gasteiger partial charge in [0.05, 0.1) is 0 Å². The molecule has 3 nitrogen and oxygen atoms in total. The molecule has 2 unspecified atom stereocenters. The molecule has 0 radical (unpaired) electrons. The Morgan fingerprint density at radius 2 is 2.16 bits per heavy atom. The van der Waals surface area contributed by atoms with Crippen LogP contribution in [0.4, 0.5) is 8.78 Å². The molecule has 19 heavy (non-hydrogen) atoms. The van der Waals surface area contributed by atoms with E-state index in [4.69, 9.17) is 0 Å². The van der Waals surface area contributed by atoms with Crippen molar-refractivity contribution < 1.29 is 13.6 Å². The molecule has 1 N–H and O–H groups in total. The fourth-order valence-electron chi connectivity index (χ4n) is 2.45. The Morgan fingerprint density at radius 3 is 2.84 bits per heavy atom. The molecule has 0 spiro atoms. The summed E-state index contributed by atoms with van der Waals surface area (Å²) >= 11 is 0. The van der Waals surface area contributed by atoms with E-state index >= 15 is 0 Å². The smallest absolute Gasteiger partial charge is 0.222 e. The molecule has 2 rings (SSSR count). The van der Waals surface area contributed by atoms with Gasteiger partial charge in [0.2, 0.25) is 5.91 Å². The summed E-state index contributed by atoms with van der Waals surface area (Å²) < 4.78 is 26.8. The van der Waals surface area contributed by atoms with Crippen LogP contribution in [-0.2, 0) is 4.79 Å². The van der Waals surface area contributed by atoms with Crippen LogP contribution in [0.2, 0.25) is 0 Å². The van der Waals surface area contributed by atoms with Crippen LogP contribution in [0.25, 0.3) is 0 Å². The van der Waals surface area contributed by atoms with E-state index in [1.54, 1.807) is 24.9 Å². The van der Waals surface area contributed by atoms with Gasteiger partial charge in [-0.15, -0.1) is 0 Å². The molecular weight excluding hydrogens is 250 g/mol. The number of rotatable bonds is 3. The van der Waals surface area contributed by atoms with E-state index in [1.807, 2.05) is 0 Å². The van der Waals surface area contributed by atoms with Crippen LogP contribution < -0.4 is 5.32 Å². The predicted octanol–water partition coefficient (Wildman–Crippen LogP) is 2.24. The maximum atomic E-state index is 13.7. The first kappa shape index (κ1) is 13.9. The van der Waals surface area contributed by atoms with Gasteiger partial charge in [0.25, 0.3) is 0 Å². The first-order valence-corrected chi connectivity index (χ1v) is 6.43. The Balaban J connectivity index is 2.03. The second-order valence-electron chi connectivity index (χ2n) is 5.04. The minimum Gasteiger partial charge on any atom is -0.344 e. The van der Waals surface area contributed by atoms with Crippen LogP contribution >= 0.6 is 0 Å². The predicted molar refractivity (Wildman–Crippen MR) is 68.6 cm³/mol. The average molecular weight is 268 g/mol. The molecule has 1 fully saturated rings. The van der Waals surface area contributed by atoms with Gasteiger partial charge in [0.15, 0.2) is 11.6 Å². The number of halogens is 2. The number of likely N-dealkylation sites (tertiary alicyclic amines) is 1. The fraction of sp³-hybridized carbons (Fsp3) is 0.500. The van der Waals surface area contributed by atoms with Crippen molar-refractivity contribution >= 4 is 5.91 Å². The lowest BCUT2D eigenvalue weighted by Gasteiger charge is -2.32. The van der Waals surface area contributed by atoms with E-state index in [-0.39, 0.29) is 18.0 Å². The van der Waals surface area contributed by atoms with Gasteiger partial charge in [-0.1, -0.05) is 12.1 Å². The van der Waals surface area contributed by atoms with Crippen molar-refractivity contribution in [2.75, 3.05) is 13.6 Å². The lowest BCUT2D eigenvalue weighted by atomic mass is 10.0. The summed E-state index contributed by atoms with van der Waals surface area (Å²) in [7, 11) is 1.75. The summed E-state index contributed by atoms with van der Waals surface area (Å²) in [6, 6.07) is 4.01. The second-order valence-corrected chi connectivity index (χ2v) is 5.04. The van der Waals surface area contributed by atoms with E-state index in [0.29, 0.717) is 18.5 Å². The van der Waals surface area contributed by atoms with Gasteiger partial charge in [0, 0.05) is 37.7 Å². The molecular formula is C14H18F2N2O. The minimum atomic E-state index is -0.831. The van der Waals surface area contributed by atoms with Crippen molar-refractivity contribution in [3.8, 4) is 0 Å². The average Bonchev–Trinajstić information content (AvgIpc) is 2.37. The maximum absolute atomic E-state index is 13.7. The Kier molecular flexibility index (Phi) is 4.14. The highest BCUT2D eigenvalue weighted by molar-refractivity contribution is 5.76. The first-order valence-electron chi connectivity index (χ1n) is 6.43. The number of likely N-dealkylation sites (N-methyl/N-ethyl adjacent to an activating group) is 1. The van der Waals surface area contributed by atoms with Crippen molar-refractivity contribution in [1.82, 2.24) is 10.2 Å². The zero-order chi connectivity index (χ0) is 14.0. The Bertz CT molecular complexity index is 479. The van der Waals surface area contributed by atoms with Gasteiger partial charge in [-0.25, -0.2) is 8.78 Å². The van der Waals surface area contributed by atoms with Gasteiger partial charge in [-0.05, 0) is 19.4 Å². The first-order chi connectivity index (χ1) is 8.99. The Labute approximate surface area is 111 Å². The highest BCUT2D eigenvalue weighted by Gasteiger charge is 2.25. The molecule has 2 atom stereocenters. The van der Waals surface area contributed by atoms with Crippen molar-refractivity contribution in [2.24, 2.45) is 0 Å². The number of carbonyl (C=O) groups is 1. The summed E-state index contributed by atoms with van der Waals surface area (Å²) in [5.74, 6) is -1.51. The molecule has 0 bridgehead atoms. The van der Waals surface area contributed by atoms with Gasteiger partial charge < -0.3 is 10.2 Å². The summed E-state index contributed by atoms with van der Waals surface area (Å²) in [5, 5.41) is 3.25. The van der Waals surface area contributed by atoms with Crippen LogP contribution in [0.15, 0.2) is 18.2 Å². The normalized spacial score (nSPS) is 21.6. The molecule has 104 valence electrons. The van der Waals surface area contributed by atoms with E-state index in [2.05, 4.69) is 5.32 Å². The van der Waals surface area contributed by atoms with Crippen molar-refractivity contribution in [2.45, 2.75) is 31.8 Å². The zero-order valence-corrected chi connectivity index (χ0v) is 11.1. The summed E-state index contributed by atoms with van der Waals surface area (Å²) in [5.41, 5.74) is 0.319. The van der Waals surface area contributed by atoms with Crippen molar-refractivity contribution in [1.29, 1.82) is 0 Å². The number of hydrogen-bond acceptors (Lipinski definition) is 2. The zero-order valence-electron chi connectivity index (χ0n) is 11.1. The third-order valence-electron chi connectivity index (χ3n) is 3.56. The summed E-state index contributed by atoms with van der Waals surface area (Å²) in [6.45, 7) is 2.40. The molecule has 0 saturated carbocycles. The highest BCUT2D eigenvalue weighted by atomic mass is 19.2. The van der Waals surface area contributed by atoms with E-state index in [1.165, 1.54) is 6.07 Å². The fourth-order valence-corrected chi connectivity index (χ4v) is 2.45. The number of carbonyl (C=O) groups excluding carboxylic acids is 1. The van der Waals surface area contributed by atoms with Crippen LogP contribution in [0.3, 0.4) is 0 Å². The number of nitrogens with zero attached hydrogens (tertiary/aromatic N) is 1. The van der Waals surface area contributed by atoms with Gasteiger partial charge in [-0.3, -0.25) is 4.79 Å². The number of piperidine rings is 1. The van der Waals surface area contributed by atoms with Gasteiger partial charge in [-0.2, -0.15) is 0 Å². The van der Waals surface area contributed by atoms with Gasteiger partial charge in [0.1, 0.15) is 0 Å². The number of nitrogens with one attached hydrogen (secondary N) is 1. The topological polar surface area (TPSA) is 32.3 Å². The molecule has 1 aromatic carbocycles. The second kappa shape index (κ2) is 5.65. The largest absolute Gasteiger partial charge is 0.344 e. The van der Waals surface area contributed by atoms with Crippen molar-refractivity contribution in [3.05, 3.63) is 35.4 Å². The molecule has 1 amide bonds. The molecule has 5 heteroatoms. The SMILES string of the molecule is CC(NC1CCC(=O)N(C)C1)c1cccc(F)c1F. The molecule has 0 aliphatic carbocycles. The number of hydrogen-bond donors (Lipinski definition) is 1. The van der Waals surface area contributed by atoms with Crippen molar-refractivity contribution in [3.63, 3.8) is 0 Å². The minimum absolute atomic E-state index is 0.111. The Hall–Kier alpha value is -1.49. The van der Waals surface area contributed by atoms with E-state index < -0.39 is 11.6 Å². The molecule has 1 aliphatic heterocycles. The highest BCUT2D eigenvalue weighted by Crippen LogP contribution is 2.21.